The van der Waals surface area contributed by atoms with Gasteiger partial charge in [0.15, 0.2) is 0 Å². The quantitative estimate of drug-likeness (QED) is 0.814. The lowest BCUT2D eigenvalue weighted by molar-refractivity contribution is 0.0114. The van der Waals surface area contributed by atoms with Gasteiger partial charge in [-0.15, -0.1) is 0 Å². The molecule has 0 bridgehead atoms. The zero-order valence-electron chi connectivity index (χ0n) is 12.0. The number of aromatic nitrogens is 2. The van der Waals surface area contributed by atoms with Crippen LogP contribution in [0.15, 0.2) is 12.3 Å². The maximum atomic E-state index is 5.42. The van der Waals surface area contributed by atoms with Gasteiger partial charge in [-0.25, -0.2) is 4.98 Å². The molecular weight excluding hydrogens is 256 g/mol. The Bertz CT molecular complexity index is 429. The number of hydrogen-bond donors (Lipinski definition) is 0. The Kier molecular flexibility index (Phi) is 4.32. The van der Waals surface area contributed by atoms with Crippen LogP contribution in [0.2, 0.25) is 0 Å². The van der Waals surface area contributed by atoms with E-state index in [1.807, 2.05) is 0 Å². The zero-order chi connectivity index (χ0) is 13.8. The van der Waals surface area contributed by atoms with Crippen molar-refractivity contribution < 1.29 is 9.47 Å². The van der Waals surface area contributed by atoms with E-state index in [0.717, 1.165) is 45.3 Å². The Labute approximate surface area is 119 Å². The Balaban J connectivity index is 1.57. The van der Waals surface area contributed by atoms with Crippen molar-refractivity contribution in [2.75, 3.05) is 51.4 Å². The summed E-state index contributed by atoms with van der Waals surface area (Å²) in [5, 5.41) is 0. The number of hydrogen-bond acceptors (Lipinski definition) is 6. The standard InChI is InChI=1S/C14H22N4O2/c1-19-13-2-5-15-14(16-13)18-6-3-12(4-7-18)17-8-10-20-11-9-17/h2,5,12H,3-4,6-11H2,1H3. The van der Waals surface area contributed by atoms with Crippen LogP contribution in [-0.2, 0) is 4.74 Å². The van der Waals surface area contributed by atoms with Crippen LogP contribution in [0, 0.1) is 0 Å². The van der Waals surface area contributed by atoms with E-state index >= 15 is 0 Å². The van der Waals surface area contributed by atoms with Gasteiger partial charge in [-0.05, 0) is 12.8 Å². The van der Waals surface area contributed by atoms with Gasteiger partial charge in [-0.2, -0.15) is 4.98 Å². The van der Waals surface area contributed by atoms with Crippen molar-refractivity contribution in [1.82, 2.24) is 14.9 Å². The third-order valence-corrected chi connectivity index (χ3v) is 4.14. The summed E-state index contributed by atoms with van der Waals surface area (Å²) in [6.45, 7) is 5.91. The van der Waals surface area contributed by atoms with Gasteiger partial charge in [0.1, 0.15) is 0 Å². The van der Waals surface area contributed by atoms with Crippen LogP contribution in [0.3, 0.4) is 0 Å². The highest BCUT2D eigenvalue weighted by atomic mass is 16.5. The SMILES string of the molecule is COc1ccnc(N2CCC(N3CCOCC3)CC2)n1. The maximum absolute atomic E-state index is 5.42. The van der Waals surface area contributed by atoms with E-state index in [4.69, 9.17) is 9.47 Å². The summed E-state index contributed by atoms with van der Waals surface area (Å²) < 4.78 is 10.6. The summed E-state index contributed by atoms with van der Waals surface area (Å²) in [6, 6.07) is 2.46. The molecule has 0 saturated carbocycles. The van der Waals surface area contributed by atoms with Gasteiger partial charge in [0.25, 0.3) is 0 Å². The molecule has 3 rings (SSSR count). The van der Waals surface area contributed by atoms with E-state index in [1.165, 1.54) is 12.8 Å². The monoisotopic (exact) mass is 278 g/mol. The predicted octanol–water partition coefficient (Wildman–Crippen LogP) is 0.786. The van der Waals surface area contributed by atoms with E-state index in [1.54, 1.807) is 19.4 Å². The molecular formula is C14H22N4O2. The molecule has 3 heterocycles. The summed E-state index contributed by atoms with van der Waals surface area (Å²) in [4.78, 5) is 13.6. The lowest BCUT2D eigenvalue weighted by Crippen LogP contribution is -2.49. The summed E-state index contributed by atoms with van der Waals surface area (Å²) in [5.41, 5.74) is 0. The first-order chi connectivity index (χ1) is 9.86. The smallest absolute Gasteiger partial charge is 0.228 e. The lowest BCUT2D eigenvalue weighted by Gasteiger charge is -2.40. The fourth-order valence-corrected chi connectivity index (χ4v) is 2.97. The molecule has 110 valence electrons. The second-order valence-electron chi connectivity index (χ2n) is 5.27. The molecule has 0 radical (unpaired) electrons. The number of anilines is 1. The average Bonchev–Trinajstić information content (AvgIpc) is 2.56. The molecule has 0 amide bonds. The Morgan fingerprint density at radius 1 is 1.20 bits per heavy atom. The molecule has 0 unspecified atom stereocenters. The number of rotatable bonds is 3. The Hall–Kier alpha value is -1.40. The lowest BCUT2D eigenvalue weighted by atomic mass is 10.0. The second-order valence-corrected chi connectivity index (χ2v) is 5.27. The second kappa shape index (κ2) is 6.37. The number of morpholine rings is 1. The van der Waals surface area contributed by atoms with Crippen molar-refractivity contribution in [2.45, 2.75) is 18.9 Å². The highest BCUT2D eigenvalue weighted by molar-refractivity contribution is 5.32. The summed E-state index contributed by atoms with van der Waals surface area (Å²) in [5.74, 6) is 1.41. The molecule has 2 fully saturated rings. The highest BCUT2D eigenvalue weighted by Crippen LogP contribution is 2.21. The third-order valence-electron chi connectivity index (χ3n) is 4.14. The van der Waals surface area contributed by atoms with Crippen LogP contribution >= 0.6 is 0 Å². The van der Waals surface area contributed by atoms with Crippen LogP contribution in [0.4, 0.5) is 5.95 Å². The van der Waals surface area contributed by atoms with Crippen molar-refractivity contribution in [3.63, 3.8) is 0 Å². The predicted molar refractivity (Wildman–Crippen MR) is 76.2 cm³/mol. The number of piperidine rings is 1. The fraction of sp³-hybridized carbons (Fsp3) is 0.714. The third kappa shape index (κ3) is 3.02. The minimum atomic E-state index is 0.630. The molecule has 6 heteroatoms. The summed E-state index contributed by atoms with van der Waals surface area (Å²) in [6.07, 6.45) is 4.09. The molecule has 2 aliphatic heterocycles. The van der Waals surface area contributed by atoms with E-state index in [-0.39, 0.29) is 0 Å². The van der Waals surface area contributed by atoms with Gasteiger partial charge in [0, 0.05) is 44.5 Å². The van der Waals surface area contributed by atoms with Crippen molar-refractivity contribution in [2.24, 2.45) is 0 Å². The van der Waals surface area contributed by atoms with E-state index in [9.17, 15) is 0 Å². The van der Waals surface area contributed by atoms with Crippen molar-refractivity contribution in [3.8, 4) is 5.88 Å². The van der Waals surface area contributed by atoms with E-state index in [2.05, 4.69) is 19.8 Å². The fourth-order valence-electron chi connectivity index (χ4n) is 2.97. The van der Waals surface area contributed by atoms with Crippen molar-refractivity contribution >= 4 is 5.95 Å². The van der Waals surface area contributed by atoms with Crippen LogP contribution < -0.4 is 9.64 Å². The van der Waals surface area contributed by atoms with Crippen LogP contribution in [-0.4, -0.2) is 67.4 Å². The van der Waals surface area contributed by atoms with Gasteiger partial charge in [0.2, 0.25) is 11.8 Å². The molecule has 20 heavy (non-hydrogen) atoms. The van der Waals surface area contributed by atoms with Gasteiger partial charge < -0.3 is 14.4 Å². The molecule has 0 atom stereocenters. The van der Waals surface area contributed by atoms with Crippen LogP contribution in [0.5, 0.6) is 5.88 Å². The first-order valence-electron chi connectivity index (χ1n) is 7.30. The molecule has 0 N–H and O–H groups in total. The molecule has 2 saturated heterocycles. The molecule has 1 aromatic heterocycles. The van der Waals surface area contributed by atoms with E-state index in [0.29, 0.717) is 11.9 Å². The Morgan fingerprint density at radius 2 is 1.95 bits per heavy atom. The van der Waals surface area contributed by atoms with E-state index < -0.39 is 0 Å². The molecule has 0 aliphatic carbocycles. The highest BCUT2D eigenvalue weighted by Gasteiger charge is 2.26. The van der Waals surface area contributed by atoms with Gasteiger partial charge in [-0.3, -0.25) is 4.90 Å². The number of nitrogens with zero attached hydrogens (tertiary/aromatic N) is 4. The van der Waals surface area contributed by atoms with Crippen molar-refractivity contribution in [1.29, 1.82) is 0 Å². The topological polar surface area (TPSA) is 50.7 Å². The zero-order valence-corrected chi connectivity index (χ0v) is 12.0. The first kappa shape index (κ1) is 13.6. The summed E-state index contributed by atoms with van der Waals surface area (Å²) in [7, 11) is 1.64. The number of methoxy groups -OCH3 is 1. The minimum Gasteiger partial charge on any atom is -0.481 e. The summed E-state index contributed by atoms with van der Waals surface area (Å²) >= 11 is 0. The van der Waals surface area contributed by atoms with Crippen LogP contribution in [0.1, 0.15) is 12.8 Å². The van der Waals surface area contributed by atoms with Crippen LogP contribution in [0.25, 0.3) is 0 Å². The van der Waals surface area contributed by atoms with Crippen molar-refractivity contribution in [3.05, 3.63) is 12.3 Å². The molecule has 1 aromatic rings. The minimum absolute atomic E-state index is 0.630. The molecule has 2 aliphatic rings. The van der Waals surface area contributed by atoms with Gasteiger partial charge in [-0.1, -0.05) is 0 Å². The molecule has 6 nitrogen and oxygen atoms in total. The van der Waals surface area contributed by atoms with Gasteiger partial charge in [0.05, 0.1) is 20.3 Å². The maximum Gasteiger partial charge on any atom is 0.228 e. The largest absolute Gasteiger partial charge is 0.481 e. The Morgan fingerprint density at radius 3 is 2.65 bits per heavy atom. The molecule has 0 aromatic carbocycles. The molecule has 0 spiro atoms. The first-order valence-corrected chi connectivity index (χ1v) is 7.30. The number of ether oxygens (including phenoxy) is 2. The normalized spacial score (nSPS) is 21.9. The average molecular weight is 278 g/mol. The van der Waals surface area contributed by atoms with Gasteiger partial charge >= 0.3 is 0 Å².